The molecule has 2 atom stereocenters. The van der Waals surface area contributed by atoms with Gasteiger partial charge in [0, 0.05) is 36.0 Å². The van der Waals surface area contributed by atoms with Crippen molar-refractivity contribution in [1.82, 2.24) is 19.5 Å². The van der Waals surface area contributed by atoms with Gasteiger partial charge in [-0.1, -0.05) is 6.07 Å². The van der Waals surface area contributed by atoms with Crippen LogP contribution >= 0.6 is 0 Å². The molecule has 2 aliphatic rings. The molecule has 3 aromatic heterocycles. The number of pyridine rings is 2. The summed E-state index contributed by atoms with van der Waals surface area (Å²) in [5.41, 5.74) is 5.12. The number of hydrogen-bond donors (Lipinski definition) is 2. The molecule has 0 saturated heterocycles. The minimum absolute atomic E-state index is 0.0796. The molecule has 1 fully saturated rings. The van der Waals surface area contributed by atoms with Crippen LogP contribution in [0.2, 0.25) is 0 Å². The van der Waals surface area contributed by atoms with Crippen LogP contribution in [0.5, 0.6) is 0 Å². The Morgan fingerprint density at radius 2 is 2.15 bits per heavy atom. The highest BCUT2D eigenvalue weighted by molar-refractivity contribution is 5.79. The molecule has 27 heavy (non-hydrogen) atoms. The van der Waals surface area contributed by atoms with Crippen LogP contribution in [0.15, 0.2) is 36.5 Å². The minimum atomic E-state index is 0.0796. The Morgan fingerprint density at radius 3 is 3.00 bits per heavy atom. The van der Waals surface area contributed by atoms with Crippen LogP contribution in [0.4, 0.5) is 5.82 Å². The van der Waals surface area contributed by atoms with Gasteiger partial charge in [0.15, 0.2) is 0 Å². The molecule has 0 amide bonds. The molecule has 1 aliphatic carbocycles. The van der Waals surface area contributed by atoms with Crippen molar-refractivity contribution in [1.29, 1.82) is 0 Å². The zero-order chi connectivity index (χ0) is 18.4. The summed E-state index contributed by atoms with van der Waals surface area (Å²) in [4.78, 5) is 14.2. The average molecular weight is 361 g/mol. The molecule has 4 heterocycles. The second-order valence-corrected chi connectivity index (χ2v) is 7.45. The van der Waals surface area contributed by atoms with Crippen molar-refractivity contribution in [2.24, 2.45) is 0 Å². The molecule has 0 aromatic carbocycles. The summed E-state index contributed by atoms with van der Waals surface area (Å²) in [5.74, 6) is 2.55. The summed E-state index contributed by atoms with van der Waals surface area (Å²) in [6.07, 6.45) is 5.48. The highest BCUT2D eigenvalue weighted by Crippen LogP contribution is 2.52. The van der Waals surface area contributed by atoms with Crippen molar-refractivity contribution in [2.45, 2.75) is 38.1 Å². The molecule has 0 unspecified atom stereocenters. The van der Waals surface area contributed by atoms with Crippen LogP contribution in [0.25, 0.3) is 22.6 Å². The number of fused-ring (bicyclic) bond motifs is 5. The smallest absolute Gasteiger partial charge is 0.126 e. The van der Waals surface area contributed by atoms with Crippen molar-refractivity contribution in [3.8, 4) is 22.6 Å². The molecular weight excluding hydrogens is 338 g/mol. The van der Waals surface area contributed by atoms with E-state index in [2.05, 4.69) is 14.9 Å². The molecular formula is C21H23N5O. The van der Waals surface area contributed by atoms with E-state index in [9.17, 15) is 0 Å². The Labute approximate surface area is 158 Å². The van der Waals surface area contributed by atoms with Crippen LogP contribution in [-0.2, 0) is 0 Å². The second-order valence-electron chi connectivity index (χ2n) is 7.45. The van der Waals surface area contributed by atoms with Crippen molar-refractivity contribution in [3.05, 3.63) is 48.0 Å². The lowest BCUT2D eigenvalue weighted by molar-refractivity contribution is 0.311. The molecule has 1 saturated carbocycles. The largest absolute Gasteiger partial charge is 0.395 e. The van der Waals surface area contributed by atoms with Gasteiger partial charge in [-0.25, -0.2) is 9.97 Å². The third-order valence-corrected chi connectivity index (χ3v) is 5.66. The molecule has 6 heteroatoms. The van der Waals surface area contributed by atoms with E-state index in [0.29, 0.717) is 18.5 Å². The first-order chi connectivity index (χ1) is 13.2. The fourth-order valence-electron chi connectivity index (χ4n) is 4.52. The normalized spacial score (nSPS) is 20.1. The Hall–Kier alpha value is -2.73. The van der Waals surface area contributed by atoms with Crippen molar-refractivity contribution in [2.75, 3.05) is 18.5 Å². The molecule has 2 N–H and O–H groups in total. The zero-order valence-electron chi connectivity index (χ0n) is 15.4. The number of aryl methyl sites for hydroxylation is 1. The zero-order valence-corrected chi connectivity index (χ0v) is 15.4. The number of nitrogens with zero attached hydrogens (tertiary/aromatic N) is 4. The Balaban J connectivity index is 1.68. The number of nitrogens with one attached hydrogen (secondary N) is 1. The summed E-state index contributed by atoms with van der Waals surface area (Å²) in [6.45, 7) is 2.58. The number of aromatic nitrogens is 4. The van der Waals surface area contributed by atoms with E-state index in [1.807, 2.05) is 43.5 Å². The van der Waals surface area contributed by atoms with E-state index in [1.54, 1.807) is 0 Å². The summed E-state index contributed by atoms with van der Waals surface area (Å²) in [5, 5.41) is 12.2. The monoisotopic (exact) mass is 361 g/mol. The van der Waals surface area contributed by atoms with Gasteiger partial charge in [-0.2, -0.15) is 0 Å². The molecule has 1 aliphatic heterocycles. The van der Waals surface area contributed by atoms with Gasteiger partial charge in [-0.15, -0.1) is 0 Å². The number of hydrogen-bond acceptors (Lipinski definition) is 5. The quantitative estimate of drug-likeness (QED) is 0.727. The molecule has 0 spiro atoms. The SMILES string of the molecule is Cc1cccc(-c2nc3n(c2-c2ccnc(NCCO)c2)[C@H]2CC[C@@H]3C2)n1. The molecule has 6 nitrogen and oxygen atoms in total. The van der Waals surface area contributed by atoms with E-state index in [0.717, 1.165) is 34.2 Å². The molecule has 5 rings (SSSR count). The maximum absolute atomic E-state index is 9.09. The van der Waals surface area contributed by atoms with Crippen LogP contribution in [0, 0.1) is 6.92 Å². The lowest BCUT2D eigenvalue weighted by atomic mass is 10.1. The van der Waals surface area contributed by atoms with Gasteiger partial charge in [0.25, 0.3) is 0 Å². The van der Waals surface area contributed by atoms with Crippen LogP contribution in [0.1, 0.15) is 42.7 Å². The predicted octanol–water partition coefficient (Wildman–Crippen LogP) is 3.54. The van der Waals surface area contributed by atoms with Crippen molar-refractivity contribution >= 4 is 5.82 Å². The Morgan fingerprint density at radius 1 is 1.22 bits per heavy atom. The third kappa shape index (κ3) is 2.72. The van der Waals surface area contributed by atoms with E-state index < -0.39 is 0 Å². The summed E-state index contributed by atoms with van der Waals surface area (Å²) < 4.78 is 2.44. The van der Waals surface area contributed by atoms with E-state index in [1.165, 1.54) is 25.1 Å². The fraction of sp³-hybridized carbons (Fsp3) is 0.381. The van der Waals surface area contributed by atoms with Gasteiger partial charge in [-0.05, 0) is 50.5 Å². The Kier molecular flexibility index (Phi) is 3.93. The second kappa shape index (κ2) is 6.46. The molecule has 0 radical (unpaired) electrons. The maximum atomic E-state index is 9.09. The summed E-state index contributed by atoms with van der Waals surface area (Å²) in [7, 11) is 0. The lowest BCUT2D eigenvalue weighted by Crippen LogP contribution is -2.09. The number of aliphatic hydroxyl groups is 1. The highest BCUT2D eigenvalue weighted by Gasteiger charge is 2.41. The fourth-order valence-corrected chi connectivity index (χ4v) is 4.52. The topological polar surface area (TPSA) is 75.9 Å². The van der Waals surface area contributed by atoms with E-state index in [4.69, 9.17) is 15.1 Å². The first-order valence-electron chi connectivity index (χ1n) is 9.62. The van der Waals surface area contributed by atoms with Gasteiger partial charge in [0.05, 0.1) is 18.0 Å². The maximum Gasteiger partial charge on any atom is 0.126 e. The van der Waals surface area contributed by atoms with Gasteiger partial charge >= 0.3 is 0 Å². The predicted molar refractivity (Wildman–Crippen MR) is 105 cm³/mol. The standard InChI is InChI=1S/C21H23N5O/c1-13-3-2-4-17(24-13)19-20(14-7-8-22-18(12-14)23-9-10-27)26-16-6-5-15(11-16)21(26)25-19/h2-4,7-8,12,15-16,27H,5-6,9-11H2,1H3,(H,22,23)/t15-,16+/m1/s1. The first kappa shape index (κ1) is 16.4. The minimum Gasteiger partial charge on any atom is -0.395 e. The number of anilines is 1. The highest BCUT2D eigenvalue weighted by atomic mass is 16.3. The van der Waals surface area contributed by atoms with Gasteiger partial charge in [0.1, 0.15) is 17.3 Å². The Bertz CT molecular complexity index is 996. The molecule has 2 bridgehead atoms. The summed E-state index contributed by atoms with van der Waals surface area (Å²) >= 11 is 0. The van der Waals surface area contributed by atoms with E-state index in [-0.39, 0.29) is 6.61 Å². The van der Waals surface area contributed by atoms with Crippen molar-refractivity contribution in [3.63, 3.8) is 0 Å². The van der Waals surface area contributed by atoms with Gasteiger partial charge < -0.3 is 15.0 Å². The molecule has 138 valence electrons. The lowest BCUT2D eigenvalue weighted by Gasteiger charge is -2.17. The van der Waals surface area contributed by atoms with Crippen molar-refractivity contribution < 1.29 is 5.11 Å². The third-order valence-electron chi connectivity index (χ3n) is 5.66. The van der Waals surface area contributed by atoms with Gasteiger partial charge in [-0.3, -0.25) is 4.98 Å². The average Bonchev–Trinajstić information content (AvgIpc) is 3.38. The number of aliphatic hydroxyl groups excluding tert-OH is 1. The van der Waals surface area contributed by atoms with Crippen LogP contribution in [-0.4, -0.2) is 37.8 Å². The number of imidazole rings is 1. The first-order valence-corrected chi connectivity index (χ1v) is 9.62. The summed E-state index contributed by atoms with van der Waals surface area (Å²) in [6, 6.07) is 10.7. The van der Waals surface area contributed by atoms with Crippen LogP contribution in [0.3, 0.4) is 0 Å². The van der Waals surface area contributed by atoms with Gasteiger partial charge in [0.2, 0.25) is 0 Å². The molecule has 3 aromatic rings. The number of rotatable bonds is 5. The van der Waals surface area contributed by atoms with Crippen LogP contribution < -0.4 is 5.32 Å². The van der Waals surface area contributed by atoms with E-state index >= 15 is 0 Å².